The number of ether oxygens (including phenoxy) is 1. The standard InChI is InChI=1S/C14H18ClNO2/c1-9(2)7-14(17)16-12-5-6-18-13-4-3-10(15)8-11(12)13/h3-4,8-9,12H,5-7H2,1-2H3,(H,16,17). The molecule has 1 atom stereocenters. The molecule has 1 aromatic rings. The van der Waals surface area contributed by atoms with Gasteiger partial charge in [0, 0.05) is 23.4 Å². The fourth-order valence-corrected chi connectivity index (χ4v) is 2.32. The second kappa shape index (κ2) is 5.61. The molecule has 1 aliphatic heterocycles. The fraction of sp³-hybridized carbons (Fsp3) is 0.500. The summed E-state index contributed by atoms with van der Waals surface area (Å²) < 4.78 is 5.56. The highest BCUT2D eigenvalue weighted by Crippen LogP contribution is 2.34. The molecule has 0 aromatic heterocycles. The van der Waals surface area contributed by atoms with Gasteiger partial charge in [0.25, 0.3) is 0 Å². The maximum absolute atomic E-state index is 11.8. The average Bonchev–Trinajstić information content (AvgIpc) is 2.28. The summed E-state index contributed by atoms with van der Waals surface area (Å²) in [5, 5.41) is 3.72. The smallest absolute Gasteiger partial charge is 0.220 e. The molecule has 0 fully saturated rings. The van der Waals surface area contributed by atoms with Crippen LogP contribution in [0.4, 0.5) is 0 Å². The molecule has 1 heterocycles. The van der Waals surface area contributed by atoms with Crippen molar-refractivity contribution in [2.75, 3.05) is 6.61 Å². The first-order chi connectivity index (χ1) is 8.56. The highest BCUT2D eigenvalue weighted by Gasteiger charge is 2.23. The Kier molecular flexibility index (Phi) is 4.12. The zero-order valence-electron chi connectivity index (χ0n) is 10.7. The first-order valence-corrected chi connectivity index (χ1v) is 6.65. The summed E-state index contributed by atoms with van der Waals surface area (Å²) in [6, 6.07) is 5.55. The van der Waals surface area contributed by atoms with E-state index in [-0.39, 0.29) is 11.9 Å². The Morgan fingerprint density at radius 2 is 2.33 bits per heavy atom. The topological polar surface area (TPSA) is 38.3 Å². The van der Waals surface area contributed by atoms with Crippen molar-refractivity contribution in [1.82, 2.24) is 5.32 Å². The van der Waals surface area contributed by atoms with Gasteiger partial charge in [-0.3, -0.25) is 4.79 Å². The predicted octanol–water partition coefficient (Wildman–Crippen LogP) is 3.33. The van der Waals surface area contributed by atoms with Gasteiger partial charge in [0.2, 0.25) is 5.91 Å². The maximum atomic E-state index is 11.8. The SMILES string of the molecule is CC(C)CC(=O)NC1CCOc2ccc(Cl)cc21. The molecule has 0 radical (unpaired) electrons. The number of hydrogen-bond donors (Lipinski definition) is 1. The minimum Gasteiger partial charge on any atom is -0.493 e. The highest BCUT2D eigenvalue weighted by atomic mass is 35.5. The van der Waals surface area contributed by atoms with Gasteiger partial charge in [-0.05, 0) is 24.1 Å². The van der Waals surface area contributed by atoms with Gasteiger partial charge in [-0.25, -0.2) is 0 Å². The number of halogens is 1. The van der Waals surface area contributed by atoms with Gasteiger partial charge in [0.1, 0.15) is 5.75 Å². The minimum absolute atomic E-state index is 0.0127. The lowest BCUT2D eigenvalue weighted by Gasteiger charge is -2.27. The molecule has 18 heavy (non-hydrogen) atoms. The summed E-state index contributed by atoms with van der Waals surface area (Å²) in [4.78, 5) is 11.8. The van der Waals surface area contributed by atoms with Crippen LogP contribution in [0.3, 0.4) is 0 Å². The van der Waals surface area contributed by atoms with Crippen molar-refractivity contribution in [1.29, 1.82) is 0 Å². The first kappa shape index (κ1) is 13.2. The minimum atomic E-state index is 0.0127. The van der Waals surface area contributed by atoms with Crippen LogP contribution >= 0.6 is 11.6 Å². The van der Waals surface area contributed by atoms with Crippen LogP contribution in [0, 0.1) is 5.92 Å². The molecule has 2 rings (SSSR count). The number of rotatable bonds is 3. The maximum Gasteiger partial charge on any atom is 0.220 e. The van der Waals surface area contributed by atoms with Gasteiger partial charge in [-0.15, -0.1) is 0 Å². The number of nitrogens with one attached hydrogen (secondary N) is 1. The van der Waals surface area contributed by atoms with Crippen LogP contribution in [0.5, 0.6) is 5.75 Å². The lowest BCUT2D eigenvalue weighted by molar-refractivity contribution is -0.122. The number of amides is 1. The summed E-state index contributed by atoms with van der Waals surface area (Å²) in [7, 11) is 0. The molecular weight excluding hydrogens is 250 g/mol. The zero-order chi connectivity index (χ0) is 13.1. The summed E-state index contributed by atoms with van der Waals surface area (Å²) in [5.41, 5.74) is 0.978. The Hall–Kier alpha value is -1.22. The Morgan fingerprint density at radius 1 is 1.56 bits per heavy atom. The largest absolute Gasteiger partial charge is 0.493 e. The van der Waals surface area contributed by atoms with Crippen molar-refractivity contribution < 1.29 is 9.53 Å². The predicted molar refractivity (Wildman–Crippen MR) is 71.9 cm³/mol. The van der Waals surface area contributed by atoms with Gasteiger partial charge >= 0.3 is 0 Å². The molecule has 0 aliphatic carbocycles. The fourth-order valence-electron chi connectivity index (χ4n) is 2.14. The van der Waals surface area contributed by atoms with E-state index in [1.165, 1.54) is 0 Å². The van der Waals surface area contributed by atoms with Crippen LogP contribution in [0.15, 0.2) is 18.2 Å². The van der Waals surface area contributed by atoms with Crippen LogP contribution in [0.25, 0.3) is 0 Å². The Bertz CT molecular complexity index is 445. The third-order valence-electron chi connectivity index (χ3n) is 2.94. The molecule has 0 saturated carbocycles. The van der Waals surface area contributed by atoms with Crippen molar-refractivity contribution in [2.45, 2.75) is 32.7 Å². The molecule has 4 heteroatoms. The van der Waals surface area contributed by atoms with Gasteiger partial charge in [0.15, 0.2) is 0 Å². The van der Waals surface area contributed by atoms with Gasteiger partial charge in [-0.2, -0.15) is 0 Å². The molecule has 3 nitrogen and oxygen atoms in total. The number of benzene rings is 1. The van der Waals surface area contributed by atoms with E-state index in [4.69, 9.17) is 16.3 Å². The van der Waals surface area contributed by atoms with E-state index in [9.17, 15) is 4.79 Å². The van der Waals surface area contributed by atoms with Crippen molar-refractivity contribution in [3.63, 3.8) is 0 Å². The van der Waals surface area contributed by atoms with E-state index in [2.05, 4.69) is 5.32 Å². The van der Waals surface area contributed by atoms with E-state index >= 15 is 0 Å². The van der Waals surface area contributed by atoms with Crippen molar-refractivity contribution in [2.24, 2.45) is 5.92 Å². The van der Waals surface area contributed by atoms with Crippen LogP contribution in [-0.4, -0.2) is 12.5 Å². The van der Waals surface area contributed by atoms with Gasteiger partial charge in [0.05, 0.1) is 12.6 Å². The number of carbonyl (C=O) groups excluding carboxylic acids is 1. The van der Waals surface area contributed by atoms with Crippen LogP contribution in [0.2, 0.25) is 5.02 Å². The van der Waals surface area contributed by atoms with Crippen molar-refractivity contribution >= 4 is 17.5 Å². The molecule has 0 bridgehead atoms. The lowest BCUT2D eigenvalue weighted by Crippen LogP contribution is -2.32. The number of carbonyl (C=O) groups is 1. The normalized spacial score (nSPS) is 18.1. The summed E-state index contributed by atoms with van der Waals surface area (Å²) in [6.07, 6.45) is 1.34. The zero-order valence-corrected chi connectivity index (χ0v) is 11.5. The molecule has 1 aliphatic rings. The highest BCUT2D eigenvalue weighted by molar-refractivity contribution is 6.30. The molecule has 1 amide bonds. The van der Waals surface area contributed by atoms with Crippen LogP contribution < -0.4 is 10.1 Å². The van der Waals surface area contributed by atoms with E-state index < -0.39 is 0 Å². The Morgan fingerprint density at radius 3 is 3.06 bits per heavy atom. The monoisotopic (exact) mass is 267 g/mol. The molecule has 1 N–H and O–H groups in total. The number of hydrogen-bond acceptors (Lipinski definition) is 2. The summed E-state index contributed by atoms with van der Waals surface area (Å²) in [5.74, 6) is 1.27. The lowest BCUT2D eigenvalue weighted by atomic mass is 10.00. The molecule has 0 spiro atoms. The quantitative estimate of drug-likeness (QED) is 0.912. The van der Waals surface area contributed by atoms with Crippen LogP contribution in [0.1, 0.15) is 38.3 Å². The Balaban J connectivity index is 2.12. The van der Waals surface area contributed by atoms with E-state index in [1.807, 2.05) is 26.0 Å². The van der Waals surface area contributed by atoms with Gasteiger partial charge < -0.3 is 10.1 Å². The third-order valence-corrected chi connectivity index (χ3v) is 3.18. The Labute approximate surface area is 112 Å². The second-order valence-electron chi connectivity index (χ2n) is 5.04. The summed E-state index contributed by atoms with van der Waals surface area (Å²) >= 11 is 5.99. The average molecular weight is 268 g/mol. The molecule has 1 unspecified atom stereocenters. The van der Waals surface area contributed by atoms with E-state index in [0.29, 0.717) is 24.0 Å². The van der Waals surface area contributed by atoms with E-state index in [0.717, 1.165) is 17.7 Å². The van der Waals surface area contributed by atoms with E-state index in [1.54, 1.807) is 6.07 Å². The summed E-state index contributed by atoms with van der Waals surface area (Å²) in [6.45, 7) is 4.70. The molecule has 98 valence electrons. The van der Waals surface area contributed by atoms with Crippen molar-refractivity contribution in [3.05, 3.63) is 28.8 Å². The second-order valence-corrected chi connectivity index (χ2v) is 5.47. The third kappa shape index (κ3) is 3.16. The first-order valence-electron chi connectivity index (χ1n) is 6.28. The van der Waals surface area contributed by atoms with Gasteiger partial charge in [-0.1, -0.05) is 25.4 Å². The molecular formula is C14H18ClNO2. The number of fused-ring (bicyclic) bond motifs is 1. The van der Waals surface area contributed by atoms with Crippen molar-refractivity contribution in [3.8, 4) is 5.75 Å². The molecule has 0 saturated heterocycles. The molecule has 1 aromatic carbocycles. The van der Waals surface area contributed by atoms with Crippen LogP contribution in [-0.2, 0) is 4.79 Å².